The van der Waals surface area contributed by atoms with Crippen molar-refractivity contribution in [1.82, 2.24) is 0 Å². The van der Waals surface area contributed by atoms with Crippen LogP contribution in [0, 0.1) is 0 Å². The van der Waals surface area contributed by atoms with E-state index in [0.717, 1.165) is 18.1 Å². The molecule has 0 aromatic heterocycles. The summed E-state index contributed by atoms with van der Waals surface area (Å²) in [5, 5.41) is 0. The SMILES string of the molecule is C=CC(F)(F)C(O[Si](CC)(CC)CC)c1ccc(OC)cc1. The zero-order chi connectivity index (χ0) is 16.8. The van der Waals surface area contributed by atoms with Gasteiger partial charge in [0.15, 0.2) is 8.32 Å². The Morgan fingerprint density at radius 3 is 2.00 bits per heavy atom. The summed E-state index contributed by atoms with van der Waals surface area (Å²) in [6.07, 6.45) is -0.607. The van der Waals surface area contributed by atoms with Crippen molar-refractivity contribution in [3.63, 3.8) is 0 Å². The fourth-order valence-corrected chi connectivity index (χ4v) is 5.30. The van der Waals surface area contributed by atoms with Gasteiger partial charge in [-0.2, -0.15) is 8.78 Å². The molecule has 0 amide bonds. The third kappa shape index (κ3) is 4.17. The average molecular weight is 328 g/mol. The van der Waals surface area contributed by atoms with Gasteiger partial charge in [-0.05, 0) is 41.9 Å². The summed E-state index contributed by atoms with van der Waals surface area (Å²) in [5.41, 5.74) is 0.456. The minimum Gasteiger partial charge on any atom is -0.497 e. The molecule has 0 saturated carbocycles. The smallest absolute Gasteiger partial charge is 0.294 e. The number of methoxy groups -OCH3 is 1. The zero-order valence-corrected chi connectivity index (χ0v) is 14.9. The van der Waals surface area contributed by atoms with Gasteiger partial charge in [-0.3, -0.25) is 0 Å². The lowest BCUT2D eigenvalue weighted by molar-refractivity contribution is -0.0630. The van der Waals surface area contributed by atoms with Crippen LogP contribution in [0.2, 0.25) is 18.1 Å². The first-order chi connectivity index (χ1) is 10.4. The first-order valence-electron chi connectivity index (χ1n) is 7.71. The Hall–Kier alpha value is -1.20. The van der Waals surface area contributed by atoms with E-state index in [2.05, 4.69) is 6.58 Å². The van der Waals surface area contributed by atoms with Crippen molar-refractivity contribution < 1.29 is 17.9 Å². The Kier molecular flexibility index (Phi) is 6.75. The van der Waals surface area contributed by atoms with Crippen LogP contribution < -0.4 is 4.74 Å². The molecule has 0 bridgehead atoms. The van der Waals surface area contributed by atoms with Crippen molar-refractivity contribution in [2.24, 2.45) is 0 Å². The molecule has 2 nitrogen and oxygen atoms in total. The quantitative estimate of drug-likeness (QED) is 0.435. The topological polar surface area (TPSA) is 18.5 Å². The molecule has 1 rings (SSSR count). The Balaban J connectivity index is 3.20. The first kappa shape index (κ1) is 18.8. The lowest BCUT2D eigenvalue weighted by Gasteiger charge is -2.36. The van der Waals surface area contributed by atoms with Gasteiger partial charge in [0.25, 0.3) is 5.92 Å². The number of ether oxygens (including phenoxy) is 1. The summed E-state index contributed by atoms with van der Waals surface area (Å²) in [5.74, 6) is -2.47. The second kappa shape index (κ2) is 7.88. The molecule has 1 unspecified atom stereocenters. The lowest BCUT2D eigenvalue weighted by Crippen LogP contribution is -2.41. The van der Waals surface area contributed by atoms with Gasteiger partial charge in [-0.1, -0.05) is 39.5 Å². The Morgan fingerprint density at radius 1 is 1.14 bits per heavy atom. The standard InChI is InChI=1S/C17H26F2O2Si/c1-6-17(18,19)16(21-22(7-2,8-3)9-4)14-10-12-15(20-5)13-11-14/h6,10-13,16H,1,7-9H2,2-5H3. The third-order valence-electron chi connectivity index (χ3n) is 4.34. The number of benzene rings is 1. The van der Waals surface area contributed by atoms with E-state index in [1.807, 2.05) is 20.8 Å². The van der Waals surface area contributed by atoms with Gasteiger partial charge >= 0.3 is 0 Å². The molecule has 1 aromatic rings. The van der Waals surface area contributed by atoms with Gasteiger partial charge in [-0.15, -0.1) is 0 Å². The maximum atomic E-state index is 14.4. The highest BCUT2D eigenvalue weighted by molar-refractivity contribution is 6.73. The molecule has 0 aliphatic rings. The Bertz CT molecular complexity index is 462. The summed E-state index contributed by atoms with van der Waals surface area (Å²) < 4.78 is 39.9. The van der Waals surface area contributed by atoms with Gasteiger partial charge in [-0.25, -0.2) is 0 Å². The fraction of sp³-hybridized carbons (Fsp3) is 0.529. The van der Waals surface area contributed by atoms with Crippen LogP contribution in [-0.4, -0.2) is 21.3 Å². The second-order valence-corrected chi connectivity index (χ2v) is 10.1. The summed E-state index contributed by atoms with van der Waals surface area (Å²) >= 11 is 0. The van der Waals surface area contributed by atoms with Gasteiger partial charge in [0.2, 0.25) is 0 Å². The minimum atomic E-state index is -3.10. The molecule has 22 heavy (non-hydrogen) atoms. The van der Waals surface area contributed by atoms with E-state index < -0.39 is 20.3 Å². The highest BCUT2D eigenvalue weighted by Gasteiger charge is 2.44. The highest BCUT2D eigenvalue weighted by Crippen LogP contribution is 2.40. The monoisotopic (exact) mass is 328 g/mol. The van der Waals surface area contributed by atoms with E-state index in [9.17, 15) is 8.78 Å². The normalized spacial score (nSPS) is 13.7. The molecule has 0 radical (unpaired) electrons. The number of hydrogen-bond acceptors (Lipinski definition) is 2. The number of halogens is 2. The van der Waals surface area contributed by atoms with Crippen molar-refractivity contribution >= 4 is 8.32 Å². The van der Waals surface area contributed by atoms with Crippen molar-refractivity contribution in [1.29, 1.82) is 0 Å². The highest BCUT2D eigenvalue weighted by atomic mass is 28.4. The van der Waals surface area contributed by atoms with Gasteiger partial charge < -0.3 is 9.16 Å². The van der Waals surface area contributed by atoms with E-state index in [1.165, 1.54) is 0 Å². The van der Waals surface area contributed by atoms with Crippen LogP contribution in [0.15, 0.2) is 36.9 Å². The maximum Gasteiger partial charge on any atom is 0.294 e. The van der Waals surface area contributed by atoms with Crippen molar-refractivity contribution in [2.75, 3.05) is 7.11 Å². The summed E-state index contributed by atoms with van der Waals surface area (Å²) in [6, 6.07) is 9.09. The van der Waals surface area contributed by atoms with E-state index in [4.69, 9.17) is 9.16 Å². The van der Waals surface area contributed by atoms with Crippen LogP contribution in [-0.2, 0) is 4.43 Å². The first-order valence-corrected chi connectivity index (χ1v) is 10.2. The molecule has 124 valence electrons. The van der Waals surface area contributed by atoms with Gasteiger partial charge in [0.1, 0.15) is 11.9 Å². The van der Waals surface area contributed by atoms with Crippen LogP contribution in [0.5, 0.6) is 5.75 Å². The van der Waals surface area contributed by atoms with Crippen molar-refractivity contribution in [3.05, 3.63) is 42.5 Å². The predicted octanol–water partition coefficient (Wildman–Crippen LogP) is 5.58. The zero-order valence-electron chi connectivity index (χ0n) is 13.9. The molecular weight excluding hydrogens is 302 g/mol. The van der Waals surface area contributed by atoms with E-state index in [-0.39, 0.29) is 0 Å². The second-order valence-electron chi connectivity index (χ2n) is 5.39. The van der Waals surface area contributed by atoms with Crippen LogP contribution in [0.3, 0.4) is 0 Å². The minimum absolute atomic E-state index is 0.456. The molecule has 0 fully saturated rings. The summed E-state index contributed by atoms with van der Waals surface area (Å²) in [7, 11) is -0.624. The molecule has 1 aromatic carbocycles. The summed E-state index contributed by atoms with van der Waals surface area (Å²) in [4.78, 5) is 0. The molecule has 0 heterocycles. The molecular formula is C17H26F2O2Si. The number of rotatable bonds is 9. The number of hydrogen-bond donors (Lipinski definition) is 0. The molecule has 0 aliphatic heterocycles. The predicted molar refractivity (Wildman–Crippen MR) is 89.2 cm³/mol. The van der Waals surface area contributed by atoms with Crippen LogP contribution in [0.1, 0.15) is 32.4 Å². The van der Waals surface area contributed by atoms with Gasteiger partial charge in [0.05, 0.1) is 7.11 Å². The fourth-order valence-electron chi connectivity index (χ4n) is 2.50. The number of alkyl halides is 2. The van der Waals surface area contributed by atoms with Crippen molar-refractivity contribution in [3.8, 4) is 5.75 Å². The van der Waals surface area contributed by atoms with E-state index in [0.29, 0.717) is 17.4 Å². The molecule has 5 heteroatoms. The third-order valence-corrected chi connectivity index (χ3v) is 8.94. The maximum absolute atomic E-state index is 14.4. The van der Waals surface area contributed by atoms with E-state index >= 15 is 0 Å². The summed E-state index contributed by atoms with van der Waals surface area (Å²) in [6.45, 7) is 9.35. The van der Waals surface area contributed by atoms with Crippen LogP contribution in [0.4, 0.5) is 8.78 Å². The molecule has 0 saturated heterocycles. The molecule has 1 atom stereocenters. The largest absolute Gasteiger partial charge is 0.497 e. The Labute approximate surface area is 133 Å². The van der Waals surface area contributed by atoms with Crippen LogP contribution in [0.25, 0.3) is 0 Å². The van der Waals surface area contributed by atoms with Gasteiger partial charge in [0, 0.05) is 0 Å². The lowest BCUT2D eigenvalue weighted by atomic mass is 10.0. The van der Waals surface area contributed by atoms with Crippen molar-refractivity contribution in [2.45, 2.75) is 50.9 Å². The molecule has 0 spiro atoms. The average Bonchev–Trinajstić information content (AvgIpc) is 2.56. The molecule has 0 aliphatic carbocycles. The molecule has 0 N–H and O–H groups in total. The van der Waals surface area contributed by atoms with Crippen LogP contribution >= 0.6 is 0 Å². The van der Waals surface area contributed by atoms with E-state index in [1.54, 1.807) is 31.4 Å². The Morgan fingerprint density at radius 2 is 1.64 bits per heavy atom.